The third-order valence-corrected chi connectivity index (χ3v) is 3.40. The molecule has 1 aliphatic rings. The number of nitrogens with one attached hydrogen (secondary N) is 2. The monoisotopic (exact) mass is 299 g/mol. The van der Waals surface area contributed by atoms with Crippen molar-refractivity contribution in [1.82, 2.24) is 10.6 Å². The first-order valence-corrected chi connectivity index (χ1v) is 6.43. The Kier molecular flexibility index (Phi) is 4.25. The summed E-state index contributed by atoms with van der Waals surface area (Å²) in [7, 11) is 1.57. The largest absolute Gasteiger partial charge is 0.383 e. The first-order valence-electron chi connectivity index (χ1n) is 6.06. The summed E-state index contributed by atoms with van der Waals surface area (Å²) in [5.41, 5.74) is -0.577. The summed E-state index contributed by atoms with van der Waals surface area (Å²) in [6, 6.07) is 3.93. The Labute approximate surface area is 121 Å². The second-order valence-electron chi connectivity index (χ2n) is 4.55. The minimum absolute atomic E-state index is 0.188. The van der Waals surface area contributed by atoms with E-state index < -0.39 is 11.4 Å². The number of benzene rings is 1. The van der Waals surface area contributed by atoms with Gasteiger partial charge in [0.2, 0.25) is 0 Å². The molecule has 1 aromatic carbocycles. The van der Waals surface area contributed by atoms with E-state index in [2.05, 4.69) is 15.6 Å². The van der Waals surface area contributed by atoms with Crippen LogP contribution in [0.4, 0.5) is 4.39 Å². The van der Waals surface area contributed by atoms with Gasteiger partial charge in [0.15, 0.2) is 5.96 Å². The number of amides is 1. The van der Waals surface area contributed by atoms with Gasteiger partial charge in [-0.2, -0.15) is 0 Å². The summed E-state index contributed by atoms with van der Waals surface area (Å²) >= 11 is 6.02. The number of carbonyl (C=O) groups excluding carboxylic acids is 1. The van der Waals surface area contributed by atoms with Crippen LogP contribution in [-0.4, -0.2) is 32.1 Å². The quantitative estimate of drug-likeness (QED) is 0.827. The van der Waals surface area contributed by atoms with E-state index in [0.717, 1.165) is 0 Å². The number of hydrogen-bond donors (Lipinski definition) is 2. The summed E-state index contributed by atoms with van der Waals surface area (Å²) in [6.07, 6.45) is 0. The summed E-state index contributed by atoms with van der Waals surface area (Å²) < 4.78 is 18.0. The second kappa shape index (κ2) is 5.76. The van der Waals surface area contributed by atoms with Gasteiger partial charge in [-0.3, -0.25) is 15.1 Å². The highest BCUT2D eigenvalue weighted by Crippen LogP contribution is 2.30. The lowest BCUT2D eigenvalue weighted by Gasteiger charge is -2.22. The molecule has 7 heteroatoms. The van der Waals surface area contributed by atoms with Crippen molar-refractivity contribution < 1.29 is 13.9 Å². The van der Waals surface area contributed by atoms with Crippen LogP contribution in [0.1, 0.15) is 12.5 Å². The molecule has 2 N–H and O–H groups in total. The SMILES string of the molecule is COCCN=C1NC(=O)C(C)(c2ccc(F)cc2Cl)N1. The van der Waals surface area contributed by atoms with Crippen molar-refractivity contribution in [3.8, 4) is 0 Å². The molecule has 1 aliphatic heterocycles. The summed E-state index contributed by atoms with van der Waals surface area (Å²) in [5, 5.41) is 5.80. The molecule has 0 radical (unpaired) electrons. The molecule has 0 saturated carbocycles. The lowest BCUT2D eigenvalue weighted by atomic mass is 9.92. The van der Waals surface area contributed by atoms with E-state index in [0.29, 0.717) is 24.7 Å². The van der Waals surface area contributed by atoms with Crippen molar-refractivity contribution >= 4 is 23.5 Å². The van der Waals surface area contributed by atoms with Crippen molar-refractivity contribution in [2.24, 2.45) is 4.99 Å². The molecule has 0 aromatic heterocycles. The van der Waals surface area contributed by atoms with Crippen LogP contribution in [0.25, 0.3) is 0 Å². The molecule has 20 heavy (non-hydrogen) atoms. The molecule has 1 atom stereocenters. The Hall–Kier alpha value is -1.66. The average Bonchev–Trinajstić information content (AvgIpc) is 2.66. The van der Waals surface area contributed by atoms with E-state index >= 15 is 0 Å². The average molecular weight is 300 g/mol. The highest BCUT2D eigenvalue weighted by atomic mass is 35.5. The molecule has 1 fully saturated rings. The van der Waals surface area contributed by atoms with Crippen LogP contribution < -0.4 is 10.6 Å². The van der Waals surface area contributed by atoms with Gasteiger partial charge in [-0.1, -0.05) is 17.7 Å². The molecule has 0 spiro atoms. The van der Waals surface area contributed by atoms with Crippen LogP contribution in [0, 0.1) is 5.82 Å². The minimum atomic E-state index is -1.07. The van der Waals surface area contributed by atoms with Gasteiger partial charge in [0.1, 0.15) is 11.4 Å². The third-order valence-electron chi connectivity index (χ3n) is 3.09. The molecule has 5 nitrogen and oxygen atoms in total. The zero-order valence-corrected chi connectivity index (χ0v) is 11.9. The van der Waals surface area contributed by atoms with E-state index in [1.807, 2.05) is 0 Å². The summed E-state index contributed by atoms with van der Waals surface area (Å²) in [6.45, 7) is 2.54. The van der Waals surface area contributed by atoms with Gasteiger partial charge in [0, 0.05) is 17.7 Å². The number of carbonyl (C=O) groups is 1. The van der Waals surface area contributed by atoms with Gasteiger partial charge in [-0.15, -0.1) is 0 Å². The fraction of sp³-hybridized carbons (Fsp3) is 0.385. The normalized spacial score (nSPS) is 23.8. The van der Waals surface area contributed by atoms with Crippen LogP contribution in [0.3, 0.4) is 0 Å². The molecule has 108 valence electrons. The molecular formula is C13H15ClFN3O2. The maximum atomic E-state index is 13.1. The van der Waals surface area contributed by atoms with Gasteiger partial charge in [0.25, 0.3) is 5.91 Å². The van der Waals surface area contributed by atoms with E-state index in [9.17, 15) is 9.18 Å². The summed E-state index contributed by atoms with van der Waals surface area (Å²) in [4.78, 5) is 16.3. The zero-order valence-electron chi connectivity index (χ0n) is 11.2. The fourth-order valence-electron chi connectivity index (χ4n) is 1.97. The van der Waals surface area contributed by atoms with Crippen LogP contribution in [0.2, 0.25) is 5.02 Å². The van der Waals surface area contributed by atoms with Gasteiger partial charge in [0.05, 0.1) is 13.2 Å². The smallest absolute Gasteiger partial charge is 0.256 e. The lowest BCUT2D eigenvalue weighted by molar-refractivity contribution is -0.123. The molecular weight excluding hydrogens is 285 g/mol. The first-order chi connectivity index (χ1) is 9.47. The highest BCUT2D eigenvalue weighted by Gasteiger charge is 2.43. The molecule has 2 rings (SSSR count). The second-order valence-corrected chi connectivity index (χ2v) is 4.96. The van der Waals surface area contributed by atoms with Gasteiger partial charge >= 0.3 is 0 Å². The van der Waals surface area contributed by atoms with Gasteiger partial charge in [-0.05, 0) is 19.1 Å². The zero-order chi connectivity index (χ0) is 14.8. The third kappa shape index (κ3) is 2.76. The molecule has 1 saturated heterocycles. The highest BCUT2D eigenvalue weighted by molar-refractivity contribution is 6.32. The number of hydrogen-bond acceptors (Lipinski definition) is 3. The minimum Gasteiger partial charge on any atom is -0.383 e. The van der Waals surface area contributed by atoms with E-state index in [-0.39, 0.29) is 10.9 Å². The number of methoxy groups -OCH3 is 1. The fourth-order valence-corrected chi connectivity index (χ4v) is 2.33. The first kappa shape index (κ1) is 14.7. The molecule has 0 aliphatic carbocycles. The molecule has 0 bridgehead atoms. The van der Waals surface area contributed by atoms with E-state index in [1.54, 1.807) is 14.0 Å². The molecule has 1 amide bonds. The van der Waals surface area contributed by atoms with Crippen LogP contribution in [0.5, 0.6) is 0 Å². The number of nitrogens with zero attached hydrogens (tertiary/aromatic N) is 1. The lowest BCUT2D eigenvalue weighted by Crippen LogP contribution is -2.41. The van der Waals surface area contributed by atoms with Crippen molar-refractivity contribution in [2.45, 2.75) is 12.5 Å². The maximum Gasteiger partial charge on any atom is 0.256 e. The van der Waals surface area contributed by atoms with Crippen LogP contribution >= 0.6 is 11.6 Å². The number of guanidine groups is 1. The maximum absolute atomic E-state index is 13.1. The number of halogens is 2. The molecule has 1 aromatic rings. The number of rotatable bonds is 4. The van der Waals surface area contributed by atoms with Crippen molar-refractivity contribution in [1.29, 1.82) is 0 Å². The van der Waals surface area contributed by atoms with Crippen molar-refractivity contribution in [3.05, 3.63) is 34.6 Å². The van der Waals surface area contributed by atoms with Crippen molar-refractivity contribution in [3.63, 3.8) is 0 Å². The van der Waals surface area contributed by atoms with Gasteiger partial charge < -0.3 is 10.1 Å². The molecule has 1 heterocycles. The van der Waals surface area contributed by atoms with Crippen LogP contribution in [0.15, 0.2) is 23.2 Å². The number of aliphatic imine (C=N–C) groups is 1. The summed E-state index contributed by atoms with van der Waals surface area (Å²) in [5.74, 6) is -0.383. The van der Waals surface area contributed by atoms with Gasteiger partial charge in [-0.25, -0.2) is 4.39 Å². The Morgan fingerprint density at radius 3 is 2.90 bits per heavy atom. The predicted octanol–water partition coefficient (Wildman–Crippen LogP) is 1.42. The Morgan fingerprint density at radius 2 is 2.25 bits per heavy atom. The Balaban J connectivity index is 2.26. The van der Waals surface area contributed by atoms with Crippen LogP contribution in [-0.2, 0) is 15.1 Å². The topological polar surface area (TPSA) is 62.7 Å². The standard InChI is InChI=1S/C13H15ClFN3O2/c1-13(9-4-3-8(15)7-10(9)14)11(19)17-12(18-13)16-5-6-20-2/h3-4,7H,5-6H2,1-2H3,(H2,16,17,18,19). The van der Waals surface area contributed by atoms with E-state index in [4.69, 9.17) is 16.3 Å². The van der Waals surface area contributed by atoms with Crippen molar-refractivity contribution in [2.75, 3.05) is 20.3 Å². The Bertz CT molecular complexity index is 565. The van der Waals surface area contributed by atoms with E-state index in [1.165, 1.54) is 18.2 Å². The number of ether oxygens (including phenoxy) is 1. The Morgan fingerprint density at radius 1 is 1.50 bits per heavy atom. The molecule has 1 unspecified atom stereocenters. The predicted molar refractivity (Wildman–Crippen MR) is 74.2 cm³/mol.